The van der Waals surface area contributed by atoms with Gasteiger partial charge in [-0.15, -0.1) is 0 Å². The summed E-state index contributed by atoms with van der Waals surface area (Å²) in [6.07, 6.45) is -1.89. The number of nitrogens with zero attached hydrogens (tertiary/aromatic N) is 1. The number of carbonyl (C=O) groups is 2. The number of halogens is 2. The largest absolute Gasteiger partial charge is 0.489 e. The summed E-state index contributed by atoms with van der Waals surface area (Å²) >= 11 is 5.97. The number of hydroxylamine groups is 1. The SMILES string of the molecule is O=C(NO)O[C@@H]1CN(Cc2ccc(OCc3ccc(F)cc3Cl)cc2)C(=O)N1. The molecule has 28 heavy (non-hydrogen) atoms. The lowest BCUT2D eigenvalue weighted by Gasteiger charge is -2.15. The molecule has 2 aromatic rings. The van der Waals surface area contributed by atoms with Crippen LogP contribution in [0.1, 0.15) is 11.1 Å². The molecular formula is C18H17ClFN3O5. The number of amides is 3. The minimum Gasteiger partial charge on any atom is -0.489 e. The molecule has 0 spiro atoms. The molecule has 0 unspecified atom stereocenters. The van der Waals surface area contributed by atoms with Crippen LogP contribution in [0.15, 0.2) is 42.5 Å². The summed E-state index contributed by atoms with van der Waals surface area (Å²) in [6.45, 7) is 0.642. The van der Waals surface area contributed by atoms with Crippen molar-refractivity contribution < 1.29 is 28.7 Å². The summed E-state index contributed by atoms with van der Waals surface area (Å²) in [7, 11) is 0. The second-order valence-electron chi connectivity index (χ2n) is 6.00. The highest BCUT2D eigenvalue weighted by Gasteiger charge is 2.31. The molecule has 1 atom stereocenters. The molecule has 0 saturated carbocycles. The Morgan fingerprint density at radius 2 is 2.07 bits per heavy atom. The maximum absolute atomic E-state index is 13.1. The first-order valence-electron chi connectivity index (χ1n) is 8.26. The fourth-order valence-electron chi connectivity index (χ4n) is 2.63. The lowest BCUT2D eigenvalue weighted by atomic mass is 10.2. The molecule has 3 rings (SSSR count). The molecule has 2 aromatic carbocycles. The van der Waals surface area contributed by atoms with Crippen LogP contribution in [0.3, 0.4) is 0 Å². The number of carbonyl (C=O) groups excluding carboxylic acids is 2. The Hall–Kier alpha value is -3.04. The Bertz CT molecular complexity index is 865. The van der Waals surface area contributed by atoms with E-state index in [1.165, 1.54) is 22.5 Å². The van der Waals surface area contributed by atoms with Crippen molar-refractivity contribution in [1.29, 1.82) is 0 Å². The average Bonchev–Trinajstić information content (AvgIpc) is 3.01. The van der Waals surface area contributed by atoms with E-state index in [1.807, 2.05) is 0 Å². The first-order chi connectivity index (χ1) is 13.4. The van der Waals surface area contributed by atoms with Crippen molar-refractivity contribution >= 4 is 23.7 Å². The number of hydrogen-bond donors (Lipinski definition) is 3. The second-order valence-corrected chi connectivity index (χ2v) is 6.41. The molecule has 0 radical (unpaired) electrons. The highest BCUT2D eigenvalue weighted by Crippen LogP contribution is 2.21. The van der Waals surface area contributed by atoms with Gasteiger partial charge in [0.05, 0.1) is 11.6 Å². The van der Waals surface area contributed by atoms with Gasteiger partial charge < -0.3 is 19.7 Å². The zero-order chi connectivity index (χ0) is 20.1. The molecule has 1 heterocycles. The van der Waals surface area contributed by atoms with E-state index < -0.39 is 18.1 Å². The smallest absolute Gasteiger partial charge is 0.433 e. The molecule has 0 bridgehead atoms. The van der Waals surface area contributed by atoms with Crippen molar-refractivity contribution in [1.82, 2.24) is 15.7 Å². The number of ether oxygens (including phenoxy) is 2. The Morgan fingerprint density at radius 1 is 1.32 bits per heavy atom. The highest BCUT2D eigenvalue weighted by atomic mass is 35.5. The van der Waals surface area contributed by atoms with Gasteiger partial charge in [-0.2, -0.15) is 0 Å². The number of benzene rings is 2. The summed E-state index contributed by atoms with van der Waals surface area (Å²) in [5.41, 5.74) is 2.84. The van der Waals surface area contributed by atoms with Gasteiger partial charge in [-0.1, -0.05) is 29.8 Å². The Labute approximate surface area is 164 Å². The van der Waals surface area contributed by atoms with Gasteiger partial charge in [-0.3, -0.25) is 5.21 Å². The lowest BCUT2D eigenvalue weighted by Crippen LogP contribution is -2.34. The van der Waals surface area contributed by atoms with Gasteiger partial charge in [0.15, 0.2) is 6.23 Å². The van der Waals surface area contributed by atoms with E-state index >= 15 is 0 Å². The fourth-order valence-corrected chi connectivity index (χ4v) is 2.85. The van der Waals surface area contributed by atoms with Crippen LogP contribution < -0.4 is 15.5 Å². The summed E-state index contributed by atoms with van der Waals surface area (Å²) in [5.74, 6) is 0.185. The van der Waals surface area contributed by atoms with Crippen molar-refractivity contribution in [2.24, 2.45) is 0 Å². The minimum absolute atomic E-state index is 0.146. The quantitative estimate of drug-likeness (QED) is 0.503. The highest BCUT2D eigenvalue weighted by molar-refractivity contribution is 6.31. The van der Waals surface area contributed by atoms with Gasteiger partial charge in [0.2, 0.25) is 0 Å². The molecule has 148 valence electrons. The Balaban J connectivity index is 1.53. The second kappa shape index (κ2) is 8.77. The van der Waals surface area contributed by atoms with Crippen LogP contribution in [0.2, 0.25) is 5.02 Å². The van der Waals surface area contributed by atoms with Crippen molar-refractivity contribution in [2.75, 3.05) is 6.54 Å². The number of hydrogen-bond acceptors (Lipinski definition) is 5. The maximum atomic E-state index is 13.1. The van der Waals surface area contributed by atoms with E-state index in [-0.39, 0.29) is 19.2 Å². The summed E-state index contributed by atoms with van der Waals surface area (Å²) in [4.78, 5) is 24.4. The van der Waals surface area contributed by atoms with Crippen LogP contribution in [-0.4, -0.2) is 35.0 Å². The predicted octanol–water partition coefficient (Wildman–Crippen LogP) is 3.02. The van der Waals surface area contributed by atoms with Crippen LogP contribution >= 0.6 is 11.6 Å². The molecule has 10 heteroatoms. The van der Waals surface area contributed by atoms with Gasteiger partial charge >= 0.3 is 12.1 Å². The van der Waals surface area contributed by atoms with Gasteiger partial charge in [0.25, 0.3) is 0 Å². The van der Waals surface area contributed by atoms with Gasteiger partial charge in [0.1, 0.15) is 18.2 Å². The summed E-state index contributed by atoms with van der Waals surface area (Å²) in [6, 6.07) is 10.8. The molecule has 1 aliphatic rings. The minimum atomic E-state index is -1.05. The van der Waals surface area contributed by atoms with Gasteiger partial charge in [0, 0.05) is 12.1 Å². The maximum Gasteiger partial charge on any atom is 0.433 e. The molecule has 3 N–H and O–H groups in total. The lowest BCUT2D eigenvalue weighted by molar-refractivity contribution is 0.0524. The molecule has 3 amide bonds. The molecule has 8 nitrogen and oxygen atoms in total. The Kier molecular flexibility index (Phi) is 6.17. The fraction of sp³-hybridized carbons (Fsp3) is 0.222. The normalized spacial score (nSPS) is 15.9. The Morgan fingerprint density at radius 3 is 2.75 bits per heavy atom. The van der Waals surface area contributed by atoms with E-state index in [0.29, 0.717) is 22.9 Å². The van der Waals surface area contributed by atoms with Crippen LogP contribution in [0, 0.1) is 5.82 Å². The molecule has 1 fully saturated rings. The van der Waals surface area contributed by atoms with Gasteiger partial charge in [-0.05, 0) is 29.8 Å². The molecular weight excluding hydrogens is 393 g/mol. The topological polar surface area (TPSA) is 100 Å². The van der Waals surface area contributed by atoms with Crippen LogP contribution in [0.25, 0.3) is 0 Å². The standard InChI is InChI=1S/C18H17ClFN3O5/c19-15-7-13(20)4-3-12(15)10-27-14-5-1-11(2-6-14)8-23-9-16(21-17(23)24)28-18(25)22-26/h1-7,16,26H,8-10H2,(H,21,24)(H,22,25)/t16-/m1/s1. The average molecular weight is 410 g/mol. The molecule has 0 aromatic heterocycles. The van der Waals surface area contributed by atoms with Crippen molar-refractivity contribution in [2.45, 2.75) is 19.4 Å². The number of rotatable bonds is 6. The third kappa shape index (κ3) is 5.02. The number of nitrogens with one attached hydrogen (secondary N) is 2. The monoisotopic (exact) mass is 409 g/mol. The molecule has 0 aliphatic carbocycles. The van der Waals surface area contributed by atoms with Crippen molar-refractivity contribution in [3.05, 3.63) is 64.4 Å². The predicted molar refractivity (Wildman–Crippen MR) is 96.3 cm³/mol. The van der Waals surface area contributed by atoms with E-state index in [1.54, 1.807) is 30.3 Å². The third-order valence-corrected chi connectivity index (χ3v) is 4.36. The summed E-state index contributed by atoms with van der Waals surface area (Å²) < 4.78 is 23.5. The van der Waals surface area contributed by atoms with Crippen LogP contribution in [-0.2, 0) is 17.9 Å². The van der Waals surface area contributed by atoms with E-state index in [0.717, 1.165) is 5.56 Å². The molecule has 1 saturated heterocycles. The number of urea groups is 1. The van der Waals surface area contributed by atoms with Crippen molar-refractivity contribution in [3.63, 3.8) is 0 Å². The summed E-state index contributed by atoms with van der Waals surface area (Å²) in [5, 5.41) is 11.2. The first kappa shape index (κ1) is 19.7. The van der Waals surface area contributed by atoms with E-state index in [4.69, 9.17) is 26.3 Å². The van der Waals surface area contributed by atoms with E-state index in [9.17, 15) is 14.0 Å². The van der Waals surface area contributed by atoms with Gasteiger partial charge in [-0.25, -0.2) is 19.5 Å². The van der Waals surface area contributed by atoms with Crippen LogP contribution in [0.5, 0.6) is 5.75 Å². The zero-order valence-corrected chi connectivity index (χ0v) is 15.3. The molecule has 1 aliphatic heterocycles. The van der Waals surface area contributed by atoms with E-state index in [2.05, 4.69) is 5.32 Å². The van der Waals surface area contributed by atoms with Crippen LogP contribution in [0.4, 0.5) is 14.0 Å². The van der Waals surface area contributed by atoms with Crippen molar-refractivity contribution in [3.8, 4) is 5.75 Å². The first-order valence-corrected chi connectivity index (χ1v) is 8.64. The third-order valence-electron chi connectivity index (χ3n) is 4.00. The zero-order valence-electron chi connectivity index (χ0n) is 14.5.